The summed E-state index contributed by atoms with van der Waals surface area (Å²) in [6, 6.07) is 19.8. The van der Waals surface area contributed by atoms with Crippen molar-refractivity contribution in [1.29, 1.82) is 0 Å². The molecule has 0 unspecified atom stereocenters. The van der Waals surface area contributed by atoms with Crippen LogP contribution < -0.4 is 9.04 Å². The number of nitrogens with zero attached hydrogens (tertiary/aromatic N) is 1. The molecule has 0 radical (unpaired) electrons. The van der Waals surface area contributed by atoms with Crippen LogP contribution in [0.4, 0.5) is 5.69 Å². The van der Waals surface area contributed by atoms with Crippen LogP contribution in [0.2, 0.25) is 10.0 Å². The highest BCUT2D eigenvalue weighted by atomic mass is 35.5. The van der Waals surface area contributed by atoms with Gasteiger partial charge < -0.3 is 4.74 Å². The molecule has 0 bridgehead atoms. The summed E-state index contributed by atoms with van der Waals surface area (Å²) in [5.41, 5.74) is 1.40. The molecule has 0 aliphatic carbocycles. The zero-order valence-electron chi connectivity index (χ0n) is 18.9. The van der Waals surface area contributed by atoms with Gasteiger partial charge >= 0.3 is 0 Å². The first kappa shape index (κ1) is 26.1. The molecule has 0 N–H and O–H groups in total. The topological polar surface area (TPSA) is 63.7 Å². The van der Waals surface area contributed by atoms with Gasteiger partial charge in [0.15, 0.2) is 0 Å². The number of halogens is 2. The average molecular weight is 520 g/mol. The number of aryl methyl sites for hydroxylation is 1. The number of carbonyl (C=O) groups is 1. The summed E-state index contributed by atoms with van der Waals surface area (Å²) in [4.78, 5) is 13.2. The van der Waals surface area contributed by atoms with Gasteiger partial charge in [0.2, 0.25) is 5.91 Å². The lowest BCUT2D eigenvalue weighted by Crippen LogP contribution is -2.37. The molecule has 0 atom stereocenters. The van der Waals surface area contributed by atoms with Crippen LogP contribution in [0.5, 0.6) is 5.75 Å². The number of hydrogen-bond donors (Lipinski definition) is 0. The summed E-state index contributed by atoms with van der Waals surface area (Å²) in [7, 11) is -4.12. The maximum atomic E-state index is 13.4. The third kappa shape index (κ3) is 6.98. The Labute approximate surface area is 211 Å². The van der Waals surface area contributed by atoms with Gasteiger partial charge in [0.25, 0.3) is 10.0 Å². The minimum Gasteiger partial charge on any atom is -0.494 e. The lowest BCUT2D eigenvalue weighted by Gasteiger charge is -2.23. The maximum absolute atomic E-state index is 13.4. The first-order valence-electron chi connectivity index (χ1n) is 11.1. The fraction of sp³-hybridized carbons (Fsp3) is 0.269. The number of unbranched alkanes of at least 4 members (excludes halogenated alkanes) is 1. The highest BCUT2D eigenvalue weighted by molar-refractivity contribution is 7.93. The molecule has 0 saturated carbocycles. The zero-order chi connectivity index (χ0) is 24.6. The second-order valence-corrected chi connectivity index (χ2v) is 10.5. The quantitative estimate of drug-likeness (QED) is 0.258. The van der Waals surface area contributed by atoms with Crippen molar-refractivity contribution in [2.24, 2.45) is 0 Å². The van der Waals surface area contributed by atoms with Gasteiger partial charge in [-0.2, -0.15) is 0 Å². The van der Waals surface area contributed by atoms with Gasteiger partial charge in [-0.25, -0.2) is 12.7 Å². The number of rotatable bonds is 11. The van der Waals surface area contributed by atoms with Gasteiger partial charge in [0, 0.05) is 16.5 Å². The Kier molecular flexibility index (Phi) is 9.39. The van der Waals surface area contributed by atoms with Crippen molar-refractivity contribution < 1.29 is 17.9 Å². The normalized spacial score (nSPS) is 11.3. The van der Waals surface area contributed by atoms with Gasteiger partial charge in [0.05, 0.1) is 17.2 Å². The first-order valence-corrected chi connectivity index (χ1v) is 13.3. The SMILES string of the molecule is CCCCc1ccc(N(C(=O)CCCOc2ccc(Cl)cc2)S(=O)(=O)c2ccc(Cl)cc2)cc1. The van der Waals surface area contributed by atoms with Crippen LogP contribution in [0, 0.1) is 0 Å². The molecule has 0 saturated heterocycles. The fourth-order valence-corrected chi connectivity index (χ4v) is 5.05. The molecule has 0 heterocycles. The standard InChI is InChI=1S/C26H27Cl2NO4S/c1-2-3-5-20-7-13-23(14-8-20)29(34(31,32)25-17-11-22(28)12-18-25)26(30)6-4-19-33-24-15-9-21(27)10-16-24/h7-18H,2-6,19H2,1H3. The van der Waals surface area contributed by atoms with E-state index in [9.17, 15) is 13.2 Å². The molecule has 1 amide bonds. The summed E-state index contributed by atoms with van der Waals surface area (Å²) < 4.78 is 33.4. The number of hydrogen-bond acceptors (Lipinski definition) is 4. The summed E-state index contributed by atoms with van der Waals surface area (Å²) in [5.74, 6) is 0.0983. The van der Waals surface area contributed by atoms with E-state index in [-0.39, 0.29) is 17.9 Å². The van der Waals surface area contributed by atoms with Crippen LogP contribution in [0.25, 0.3) is 0 Å². The van der Waals surface area contributed by atoms with Gasteiger partial charge in [0.1, 0.15) is 5.75 Å². The number of benzene rings is 3. The molecule has 0 aliphatic heterocycles. The van der Waals surface area contributed by atoms with E-state index in [1.165, 1.54) is 24.3 Å². The van der Waals surface area contributed by atoms with E-state index in [1.54, 1.807) is 36.4 Å². The molecule has 3 aromatic rings. The number of carbonyl (C=O) groups excluding carboxylic acids is 1. The highest BCUT2D eigenvalue weighted by Gasteiger charge is 2.30. The molecule has 0 aliphatic rings. The number of sulfonamides is 1. The second-order valence-electron chi connectivity index (χ2n) is 7.79. The number of ether oxygens (including phenoxy) is 1. The van der Waals surface area contributed by atoms with Crippen LogP contribution in [0.3, 0.4) is 0 Å². The molecule has 0 spiro atoms. The Balaban J connectivity index is 1.78. The van der Waals surface area contributed by atoms with Crippen LogP contribution in [0.1, 0.15) is 38.2 Å². The minimum atomic E-state index is -4.12. The van der Waals surface area contributed by atoms with Crippen LogP contribution in [-0.2, 0) is 21.2 Å². The van der Waals surface area contributed by atoms with E-state index in [0.717, 1.165) is 29.1 Å². The van der Waals surface area contributed by atoms with Gasteiger partial charge in [-0.15, -0.1) is 0 Å². The second kappa shape index (κ2) is 12.2. The maximum Gasteiger partial charge on any atom is 0.270 e. The number of amides is 1. The summed E-state index contributed by atoms with van der Waals surface area (Å²) in [5, 5.41) is 1.02. The Morgan fingerprint density at radius 2 is 1.44 bits per heavy atom. The van der Waals surface area contributed by atoms with E-state index in [0.29, 0.717) is 27.9 Å². The summed E-state index contributed by atoms with van der Waals surface area (Å²) >= 11 is 11.8. The van der Waals surface area contributed by atoms with Gasteiger partial charge in [-0.3, -0.25) is 4.79 Å². The zero-order valence-corrected chi connectivity index (χ0v) is 21.2. The average Bonchev–Trinajstić information content (AvgIpc) is 2.83. The van der Waals surface area contributed by atoms with Crippen molar-refractivity contribution >= 4 is 44.8 Å². The van der Waals surface area contributed by atoms with Crippen LogP contribution in [-0.4, -0.2) is 20.9 Å². The summed E-state index contributed by atoms with van der Waals surface area (Å²) in [6.45, 7) is 2.38. The molecule has 180 valence electrons. The molecule has 0 fully saturated rings. The largest absolute Gasteiger partial charge is 0.494 e. The highest BCUT2D eigenvalue weighted by Crippen LogP contribution is 2.27. The molecule has 0 aromatic heterocycles. The smallest absolute Gasteiger partial charge is 0.270 e. The molecule has 5 nitrogen and oxygen atoms in total. The van der Waals surface area contributed by atoms with E-state index >= 15 is 0 Å². The van der Waals surface area contributed by atoms with Crippen LogP contribution in [0.15, 0.2) is 77.7 Å². The Morgan fingerprint density at radius 3 is 2.03 bits per heavy atom. The lowest BCUT2D eigenvalue weighted by molar-refractivity contribution is -0.117. The fourth-order valence-electron chi connectivity index (χ4n) is 3.35. The molecule has 8 heteroatoms. The third-order valence-electron chi connectivity index (χ3n) is 5.19. The Bertz CT molecular complexity index is 1180. The Hall–Kier alpha value is -2.54. The third-order valence-corrected chi connectivity index (χ3v) is 7.45. The van der Waals surface area contributed by atoms with E-state index in [1.807, 2.05) is 12.1 Å². The van der Waals surface area contributed by atoms with Crippen molar-refractivity contribution in [2.75, 3.05) is 10.9 Å². The molecule has 3 rings (SSSR count). The van der Waals surface area contributed by atoms with Crippen molar-refractivity contribution in [3.8, 4) is 5.75 Å². The van der Waals surface area contributed by atoms with E-state index < -0.39 is 15.9 Å². The van der Waals surface area contributed by atoms with E-state index in [2.05, 4.69) is 6.92 Å². The number of anilines is 1. The minimum absolute atomic E-state index is 0.00199. The molecule has 34 heavy (non-hydrogen) atoms. The van der Waals surface area contributed by atoms with Crippen molar-refractivity contribution in [3.63, 3.8) is 0 Å². The monoisotopic (exact) mass is 519 g/mol. The van der Waals surface area contributed by atoms with Crippen molar-refractivity contribution in [2.45, 2.75) is 43.9 Å². The van der Waals surface area contributed by atoms with Gasteiger partial charge in [-0.05, 0) is 85.5 Å². The molecular weight excluding hydrogens is 493 g/mol. The summed E-state index contributed by atoms with van der Waals surface area (Å²) in [6.07, 6.45) is 3.35. The predicted octanol–water partition coefficient (Wildman–Crippen LogP) is 6.92. The Morgan fingerprint density at radius 1 is 0.853 bits per heavy atom. The molecular formula is C26H27Cl2NO4S. The van der Waals surface area contributed by atoms with Crippen molar-refractivity contribution in [1.82, 2.24) is 0 Å². The van der Waals surface area contributed by atoms with Crippen molar-refractivity contribution in [3.05, 3.63) is 88.4 Å². The van der Waals surface area contributed by atoms with Gasteiger partial charge in [-0.1, -0.05) is 48.7 Å². The van der Waals surface area contributed by atoms with E-state index in [4.69, 9.17) is 27.9 Å². The van der Waals surface area contributed by atoms with Crippen LogP contribution >= 0.6 is 23.2 Å². The molecule has 3 aromatic carbocycles. The lowest BCUT2D eigenvalue weighted by atomic mass is 10.1. The first-order chi connectivity index (χ1) is 16.3. The predicted molar refractivity (Wildman–Crippen MR) is 137 cm³/mol.